The molecule has 18 heavy (non-hydrogen) atoms. The number of aromatic nitrogens is 2. The molecule has 5 nitrogen and oxygen atoms in total. The molecule has 0 aliphatic carbocycles. The smallest absolute Gasteiger partial charge is 0.238 e. The highest BCUT2D eigenvalue weighted by atomic mass is 79.9. The lowest BCUT2D eigenvalue weighted by molar-refractivity contribution is 0.455. The zero-order valence-electron chi connectivity index (χ0n) is 8.82. The Bertz CT molecular complexity index is 579. The van der Waals surface area contributed by atoms with Gasteiger partial charge in [0.2, 0.25) is 5.88 Å². The van der Waals surface area contributed by atoms with Crippen molar-refractivity contribution in [3.05, 3.63) is 37.9 Å². The molecule has 2 rings (SSSR count). The lowest BCUT2D eigenvalue weighted by atomic mass is 10.3. The minimum Gasteiger partial charge on any atom is -0.436 e. The van der Waals surface area contributed by atoms with Gasteiger partial charge in [-0.15, -0.1) is 0 Å². The quantitative estimate of drug-likeness (QED) is 0.562. The predicted octanol–water partition coefficient (Wildman–Crippen LogP) is 3.84. The zero-order valence-corrected chi connectivity index (χ0v) is 13.6. The molecule has 0 unspecified atom stereocenters. The summed E-state index contributed by atoms with van der Waals surface area (Å²) >= 11 is 10.1. The Morgan fingerprint density at radius 2 is 1.94 bits per heavy atom. The number of ether oxygens (including phenoxy) is 1. The summed E-state index contributed by atoms with van der Waals surface area (Å²) in [5, 5.41) is 0. The minimum absolute atomic E-state index is 0.376. The first-order valence-electron chi connectivity index (χ1n) is 4.72. The molecule has 8 heteroatoms. The van der Waals surface area contributed by atoms with Gasteiger partial charge < -0.3 is 10.2 Å². The summed E-state index contributed by atoms with van der Waals surface area (Å²) in [5.41, 5.74) is 2.45. The van der Waals surface area contributed by atoms with E-state index in [0.717, 1.165) is 8.95 Å². The largest absolute Gasteiger partial charge is 0.436 e. The van der Waals surface area contributed by atoms with E-state index < -0.39 is 0 Å². The summed E-state index contributed by atoms with van der Waals surface area (Å²) in [7, 11) is 0. The van der Waals surface area contributed by atoms with Crippen LogP contribution >= 0.6 is 47.8 Å². The van der Waals surface area contributed by atoms with Gasteiger partial charge in [-0.25, -0.2) is 15.8 Å². The number of anilines is 1. The first-order chi connectivity index (χ1) is 8.61. The molecule has 0 radical (unpaired) electrons. The van der Waals surface area contributed by atoms with E-state index in [4.69, 9.17) is 10.6 Å². The second kappa shape index (κ2) is 5.96. The fourth-order valence-electron chi connectivity index (χ4n) is 1.19. The van der Waals surface area contributed by atoms with Crippen LogP contribution in [0.5, 0.6) is 11.6 Å². The van der Waals surface area contributed by atoms with Gasteiger partial charge in [-0.1, -0.05) is 15.9 Å². The minimum atomic E-state index is 0.376. The fourth-order valence-corrected chi connectivity index (χ4v) is 2.72. The number of nitrogens with zero attached hydrogens (tertiary/aromatic N) is 2. The highest BCUT2D eigenvalue weighted by molar-refractivity contribution is 9.11. The van der Waals surface area contributed by atoms with E-state index in [0.29, 0.717) is 21.9 Å². The highest BCUT2D eigenvalue weighted by Gasteiger charge is 2.11. The van der Waals surface area contributed by atoms with E-state index in [9.17, 15) is 0 Å². The molecule has 0 bridgehead atoms. The van der Waals surface area contributed by atoms with Crippen molar-refractivity contribution in [2.24, 2.45) is 5.84 Å². The van der Waals surface area contributed by atoms with Crippen molar-refractivity contribution in [3.8, 4) is 11.6 Å². The second-order valence-corrected chi connectivity index (χ2v) is 5.73. The lowest BCUT2D eigenvalue weighted by Gasteiger charge is -2.10. The number of rotatable bonds is 3. The first-order valence-corrected chi connectivity index (χ1v) is 7.09. The number of hydrogen-bond acceptors (Lipinski definition) is 5. The highest BCUT2D eigenvalue weighted by Crippen LogP contribution is 2.35. The molecule has 0 spiro atoms. The van der Waals surface area contributed by atoms with Gasteiger partial charge in [0.05, 0.1) is 4.47 Å². The normalized spacial score (nSPS) is 10.2. The first kappa shape index (κ1) is 13.7. The van der Waals surface area contributed by atoms with E-state index in [1.165, 1.54) is 6.33 Å². The van der Waals surface area contributed by atoms with Gasteiger partial charge in [0.25, 0.3) is 0 Å². The van der Waals surface area contributed by atoms with Crippen molar-refractivity contribution in [2.75, 3.05) is 5.43 Å². The third-order valence-electron chi connectivity index (χ3n) is 1.99. The number of nitrogens with two attached hydrogens (primary N) is 1. The molecule has 0 amide bonds. The number of halogens is 3. The van der Waals surface area contributed by atoms with Gasteiger partial charge in [-0.3, -0.25) is 0 Å². The predicted molar refractivity (Wildman–Crippen MR) is 79.5 cm³/mol. The number of nitrogen functional groups attached to an aromatic ring is 1. The second-order valence-electron chi connectivity index (χ2n) is 3.16. The van der Waals surface area contributed by atoms with E-state index in [1.54, 1.807) is 0 Å². The monoisotopic (exact) mass is 436 g/mol. The molecule has 0 saturated carbocycles. The summed E-state index contributed by atoms with van der Waals surface area (Å²) < 4.78 is 8.00. The van der Waals surface area contributed by atoms with Crippen molar-refractivity contribution >= 4 is 53.6 Å². The van der Waals surface area contributed by atoms with E-state index in [1.807, 2.05) is 18.2 Å². The summed E-state index contributed by atoms with van der Waals surface area (Å²) in [4.78, 5) is 7.98. The molecule has 1 aromatic carbocycles. The molecule has 94 valence electrons. The Morgan fingerprint density at radius 1 is 1.17 bits per heavy atom. The van der Waals surface area contributed by atoms with Gasteiger partial charge in [0.1, 0.15) is 16.5 Å². The van der Waals surface area contributed by atoms with E-state index in [-0.39, 0.29) is 0 Å². The maximum atomic E-state index is 5.68. The van der Waals surface area contributed by atoms with Crippen LogP contribution in [0.1, 0.15) is 0 Å². The van der Waals surface area contributed by atoms with Crippen LogP contribution in [0.3, 0.4) is 0 Å². The maximum Gasteiger partial charge on any atom is 0.238 e. The van der Waals surface area contributed by atoms with Crippen LogP contribution in [0.4, 0.5) is 5.82 Å². The molecule has 0 fully saturated rings. The molecule has 3 N–H and O–H groups in total. The van der Waals surface area contributed by atoms with Crippen LogP contribution in [0, 0.1) is 0 Å². The van der Waals surface area contributed by atoms with Gasteiger partial charge in [0, 0.05) is 4.47 Å². The van der Waals surface area contributed by atoms with Crippen molar-refractivity contribution in [1.29, 1.82) is 0 Å². The Balaban J connectivity index is 2.34. The third kappa shape index (κ3) is 3.00. The van der Waals surface area contributed by atoms with Gasteiger partial charge in [-0.05, 0) is 50.1 Å². The summed E-state index contributed by atoms with van der Waals surface area (Å²) in [6.07, 6.45) is 1.36. The van der Waals surface area contributed by atoms with Crippen molar-refractivity contribution in [2.45, 2.75) is 0 Å². The van der Waals surface area contributed by atoms with Crippen LogP contribution in [0.2, 0.25) is 0 Å². The van der Waals surface area contributed by atoms with Crippen LogP contribution in [0.15, 0.2) is 37.9 Å². The van der Waals surface area contributed by atoms with Crippen molar-refractivity contribution in [1.82, 2.24) is 9.97 Å². The Morgan fingerprint density at radius 3 is 2.61 bits per heavy atom. The number of nitrogens with one attached hydrogen (secondary N) is 1. The van der Waals surface area contributed by atoms with Crippen LogP contribution in [0.25, 0.3) is 0 Å². The zero-order chi connectivity index (χ0) is 13.1. The van der Waals surface area contributed by atoms with Gasteiger partial charge in [-0.2, -0.15) is 0 Å². The van der Waals surface area contributed by atoms with Gasteiger partial charge >= 0.3 is 0 Å². The summed E-state index contributed by atoms with van der Waals surface area (Å²) in [5.74, 6) is 6.79. The van der Waals surface area contributed by atoms with Crippen molar-refractivity contribution < 1.29 is 4.74 Å². The number of hydrazine groups is 1. The van der Waals surface area contributed by atoms with Crippen LogP contribution in [-0.4, -0.2) is 9.97 Å². The molecular formula is C10H7Br3N4O. The Hall–Kier alpha value is -0.700. The molecule has 0 aliphatic rings. The molecule has 2 aromatic rings. The average molecular weight is 439 g/mol. The molecule has 1 heterocycles. The third-order valence-corrected chi connectivity index (χ3v) is 3.82. The summed E-state index contributed by atoms with van der Waals surface area (Å²) in [6.45, 7) is 0. The van der Waals surface area contributed by atoms with Crippen molar-refractivity contribution in [3.63, 3.8) is 0 Å². The SMILES string of the molecule is NNc1ncnc(Oc2ccc(Br)cc2Br)c1Br. The van der Waals surface area contributed by atoms with E-state index >= 15 is 0 Å². The van der Waals surface area contributed by atoms with Gasteiger partial charge in [0.15, 0.2) is 5.82 Å². The molecule has 1 aromatic heterocycles. The molecular weight excluding hydrogens is 432 g/mol. The van der Waals surface area contributed by atoms with Crippen LogP contribution in [-0.2, 0) is 0 Å². The number of hydrogen-bond donors (Lipinski definition) is 2. The molecule has 0 atom stereocenters. The Labute approximate surface area is 129 Å². The van der Waals surface area contributed by atoms with E-state index in [2.05, 4.69) is 63.2 Å². The maximum absolute atomic E-state index is 5.68. The fraction of sp³-hybridized carbons (Fsp3) is 0. The lowest BCUT2D eigenvalue weighted by Crippen LogP contribution is -2.09. The average Bonchev–Trinajstić information content (AvgIpc) is 2.35. The number of benzene rings is 1. The Kier molecular flexibility index (Phi) is 4.55. The topological polar surface area (TPSA) is 73.1 Å². The molecule has 0 aliphatic heterocycles. The standard InChI is InChI=1S/C10H7Br3N4O/c11-5-1-2-7(6(12)3-5)18-10-8(13)9(17-14)15-4-16-10/h1-4H,14H2,(H,15,16,17). The van der Waals surface area contributed by atoms with Crippen LogP contribution < -0.4 is 16.0 Å². The molecule has 0 saturated heterocycles. The summed E-state index contributed by atoms with van der Waals surface area (Å²) in [6, 6.07) is 5.57.